The summed E-state index contributed by atoms with van der Waals surface area (Å²) in [6.45, 7) is 4.73. The van der Waals surface area contributed by atoms with Crippen LogP contribution in [0.5, 0.6) is 0 Å². The van der Waals surface area contributed by atoms with E-state index in [-0.39, 0.29) is 24.3 Å². The maximum Gasteiger partial charge on any atom is 0.322 e. The summed E-state index contributed by atoms with van der Waals surface area (Å²) < 4.78 is 1.72. The van der Waals surface area contributed by atoms with Gasteiger partial charge in [-0.15, -0.1) is 5.10 Å². The first-order valence-corrected chi connectivity index (χ1v) is 11.6. The summed E-state index contributed by atoms with van der Waals surface area (Å²) in [5, 5.41) is 12.8. The van der Waals surface area contributed by atoms with Crippen LogP contribution in [0.1, 0.15) is 62.4 Å². The van der Waals surface area contributed by atoms with Gasteiger partial charge in [-0.1, -0.05) is 18.6 Å². The lowest BCUT2D eigenvalue weighted by molar-refractivity contribution is -0.138. The minimum atomic E-state index is -0.797. The predicted molar refractivity (Wildman–Crippen MR) is 113 cm³/mol. The summed E-state index contributed by atoms with van der Waals surface area (Å²) in [5.41, 5.74) is 0.378. The molecule has 0 bridgehead atoms. The van der Waals surface area contributed by atoms with Crippen LogP contribution in [0.2, 0.25) is 0 Å². The highest BCUT2D eigenvalue weighted by Gasteiger charge is 2.41. The van der Waals surface area contributed by atoms with E-state index in [1.54, 1.807) is 10.9 Å². The Morgan fingerprint density at radius 3 is 2.66 bits per heavy atom. The van der Waals surface area contributed by atoms with Crippen molar-refractivity contribution in [2.45, 2.75) is 70.5 Å². The zero-order chi connectivity index (χ0) is 22.7. The molecule has 32 heavy (non-hydrogen) atoms. The molecule has 3 aliphatic rings. The fourth-order valence-electron chi connectivity index (χ4n) is 4.99. The number of imide groups is 1. The first-order chi connectivity index (χ1) is 15.5. The lowest BCUT2D eigenvalue weighted by atomic mass is 9.87. The maximum absolute atomic E-state index is 13.0. The van der Waals surface area contributed by atoms with Crippen LogP contribution < -0.4 is 10.6 Å². The minimum absolute atomic E-state index is 0.0281. The molecule has 0 aromatic carbocycles. The predicted octanol–water partition coefficient (Wildman–Crippen LogP) is 0.520. The van der Waals surface area contributed by atoms with E-state index in [0.29, 0.717) is 31.2 Å². The molecule has 0 aliphatic carbocycles. The third kappa shape index (κ3) is 4.76. The highest BCUT2D eigenvalue weighted by molar-refractivity contribution is 6.02. The second-order valence-corrected chi connectivity index (χ2v) is 8.87. The average Bonchev–Trinajstić information content (AvgIpc) is 3.46. The Labute approximate surface area is 186 Å². The molecule has 2 N–H and O–H groups in total. The quantitative estimate of drug-likeness (QED) is 0.657. The van der Waals surface area contributed by atoms with Crippen molar-refractivity contribution in [3.8, 4) is 0 Å². The van der Waals surface area contributed by atoms with Gasteiger partial charge in [0.15, 0.2) is 5.69 Å². The lowest BCUT2D eigenvalue weighted by Crippen LogP contribution is -2.59. The molecule has 3 saturated heterocycles. The maximum atomic E-state index is 13.0. The number of aromatic nitrogens is 3. The van der Waals surface area contributed by atoms with Gasteiger partial charge in [0.25, 0.3) is 5.91 Å². The molecule has 1 aromatic rings. The highest BCUT2D eigenvalue weighted by atomic mass is 16.2. The topological polar surface area (TPSA) is 130 Å². The molecular weight excluding hydrogens is 414 g/mol. The number of carbonyl (C=O) groups excluding carboxylic acids is 4. The van der Waals surface area contributed by atoms with Gasteiger partial charge in [-0.05, 0) is 38.0 Å². The van der Waals surface area contributed by atoms with Crippen LogP contribution in [0.15, 0.2) is 6.20 Å². The van der Waals surface area contributed by atoms with Crippen LogP contribution in [0.4, 0.5) is 4.79 Å². The van der Waals surface area contributed by atoms with Crippen LogP contribution in [0.3, 0.4) is 0 Å². The van der Waals surface area contributed by atoms with Gasteiger partial charge in [-0.3, -0.25) is 24.4 Å². The number of hydrogen-bond donors (Lipinski definition) is 2. The molecule has 4 heterocycles. The summed E-state index contributed by atoms with van der Waals surface area (Å²) in [6, 6.07) is -1.33. The first-order valence-electron chi connectivity index (χ1n) is 11.6. The van der Waals surface area contributed by atoms with E-state index in [4.69, 9.17) is 0 Å². The van der Waals surface area contributed by atoms with Gasteiger partial charge < -0.3 is 15.1 Å². The Morgan fingerprint density at radius 2 is 1.94 bits per heavy atom. The number of hydrogen-bond acceptors (Lipinski definition) is 6. The van der Waals surface area contributed by atoms with Gasteiger partial charge in [-0.25, -0.2) is 4.79 Å². The number of amides is 5. The number of urea groups is 1. The molecule has 1 unspecified atom stereocenters. The molecule has 0 saturated carbocycles. The van der Waals surface area contributed by atoms with Crippen LogP contribution in [0, 0.1) is 5.92 Å². The number of unbranched alkanes of at least 4 members (excludes halogenated alkanes) is 1. The van der Waals surface area contributed by atoms with Crippen molar-refractivity contribution in [2.24, 2.45) is 5.92 Å². The Hall–Kier alpha value is -2.98. The summed E-state index contributed by atoms with van der Waals surface area (Å²) in [6.07, 6.45) is 7.16. The van der Waals surface area contributed by atoms with Crippen LogP contribution in [0.25, 0.3) is 0 Å². The summed E-state index contributed by atoms with van der Waals surface area (Å²) in [5.74, 6) is -0.417. The van der Waals surface area contributed by atoms with Crippen molar-refractivity contribution >= 4 is 23.8 Å². The van der Waals surface area contributed by atoms with Crippen molar-refractivity contribution in [3.05, 3.63) is 11.9 Å². The molecule has 4 rings (SSSR count). The Bertz CT molecular complexity index is 861. The molecular formula is C21H31N7O4. The molecule has 3 fully saturated rings. The van der Waals surface area contributed by atoms with E-state index in [1.165, 1.54) is 0 Å². The van der Waals surface area contributed by atoms with Crippen LogP contribution in [-0.2, 0) is 16.1 Å². The number of nitrogens with zero attached hydrogens (tertiary/aromatic N) is 5. The van der Waals surface area contributed by atoms with E-state index >= 15 is 0 Å². The number of aryl methyl sites for hydroxylation is 1. The van der Waals surface area contributed by atoms with Gasteiger partial charge >= 0.3 is 6.03 Å². The van der Waals surface area contributed by atoms with Crippen LogP contribution in [-0.4, -0.2) is 80.3 Å². The van der Waals surface area contributed by atoms with E-state index in [1.807, 2.05) is 9.80 Å². The molecule has 0 radical (unpaired) electrons. The van der Waals surface area contributed by atoms with E-state index < -0.39 is 18.0 Å². The smallest absolute Gasteiger partial charge is 0.322 e. The third-order valence-corrected chi connectivity index (χ3v) is 6.70. The van der Waals surface area contributed by atoms with Gasteiger partial charge in [0.05, 0.1) is 12.6 Å². The van der Waals surface area contributed by atoms with Crippen molar-refractivity contribution in [3.63, 3.8) is 0 Å². The largest absolute Gasteiger partial charge is 0.338 e. The van der Waals surface area contributed by atoms with Gasteiger partial charge in [0.2, 0.25) is 11.8 Å². The molecule has 5 amide bonds. The minimum Gasteiger partial charge on any atom is -0.338 e. The summed E-state index contributed by atoms with van der Waals surface area (Å²) in [7, 11) is 0. The summed E-state index contributed by atoms with van der Waals surface area (Å²) >= 11 is 0. The Kier molecular flexibility index (Phi) is 6.71. The number of piperidine rings is 1. The van der Waals surface area contributed by atoms with Crippen molar-refractivity contribution < 1.29 is 19.2 Å². The van der Waals surface area contributed by atoms with E-state index in [9.17, 15) is 19.2 Å². The van der Waals surface area contributed by atoms with Gasteiger partial charge in [0.1, 0.15) is 6.04 Å². The van der Waals surface area contributed by atoms with Gasteiger partial charge in [0, 0.05) is 32.2 Å². The standard InChI is InChI=1S/C21H31N7O4/c1-2-3-8-27-13-16(24-25-27)19(30)26-10-6-14(7-11-26)17-5-4-9-28(17)20(31)15-12-18(29)23-21(32)22-15/h13-15,17H,2-12H2,1H3,(H2,22,23,29,32)/t15-,17?/m0/s1. The number of nitrogens with one attached hydrogen (secondary N) is 2. The highest BCUT2D eigenvalue weighted by Crippen LogP contribution is 2.32. The second-order valence-electron chi connectivity index (χ2n) is 8.87. The fourth-order valence-corrected chi connectivity index (χ4v) is 4.99. The fraction of sp³-hybridized carbons (Fsp3) is 0.714. The molecule has 11 heteroatoms. The molecule has 3 aliphatic heterocycles. The molecule has 1 aromatic heterocycles. The van der Waals surface area contributed by atoms with E-state index in [2.05, 4.69) is 27.9 Å². The van der Waals surface area contributed by atoms with E-state index in [0.717, 1.165) is 45.1 Å². The summed E-state index contributed by atoms with van der Waals surface area (Å²) in [4.78, 5) is 52.8. The molecule has 11 nitrogen and oxygen atoms in total. The number of rotatable bonds is 6. The van der Waals surface area contributed by atoms with Crippen molar-refractivity contribution in [1.82, 2.24) is 35.4 Å². The zero-order valence-electron chi connectivity index (χ0n) is 18.5. The van der Waals surface area contributed by atoms with Crippen molar-refractivity contribution in [1.29, 1.82) is 0 Å². The Morgan fingerprint density at radius 1 is 1.16 bits per heavy atom. The molecule has 0 spiro atoms. The zero-order valence-corrected chi connectivity index (χ0v) is 18.5. The average molecular weight is 446 g/mol. The van der Waals surface area contributed by atoms with Gasteiger partial charge in [-0.2, -0.15) is 0 Å². The SMILES string of the molecule is CCCCn1cc(C(=O)N2CCC(C3CCCN3C(=O)[C@@H]3CC(=O)NC(=O)N3)CC2)nn1. The molecule has 174 valence electrons. The normalized spacial score (nSPS) is 24.4. The monoisotopic (exact) mass is 445 g/mol. The number of carbonyl (C=O) groups is 4. The lowest BCUT2D eigenvalue weighted by Gasteiger charge is -2.39. The third-order valence-electron chi connectivity index (χ3n) is 6.70. The first kappa shape index (κ1) is 22.2. The molecule has 2 atom stereocenters. The van der Waals surface area contributed by atoms with Crippen molar-refractivity contribution in [2.75, 3.05) is 19.6 Å². The number of likely N-dealkylation sites (tertiary alicyclic amines) is 2. The Balaban J connectivity index is 1.32. The second kappa shape index (κ2) is 9.66. The van der Waals surface area contributed by atoms with Crippen LogP contribution >= 0.6 is 0 Å².